The molecular weight excluding hydrogens is 252 g/mol. The van der Waals surface area contributed by atoms with Crippen molar-refractivity contribution in [2.45, 2.75) is 39.2 Å². The molecular formula is C13H17BrO. The number of rotatable bonds is 2. The van der Waals surface area contributed by atoms with E-state index >= 15 is 0 Å². The van der Waals surface area contributed by atoms with Gasteiger partial charge in [-0.05, 0) is 49.3 Å². The maximum absolute atomic E-state index is 10.2. The van der Waals surface area contributed by atoms with Gasteiger partial charge in [0.25, 0.3) is 0 Å². The first kappa shape index (κ1) is 11.2. The van der Waals surface area contributed by atoms with Gasteiger partial charge in [0.15, 0.2) is 0 Å². The van der Waals surface area contributed by atoms with Gasteiger partial charge in [0.05, 0.1) is 6.10 Å². The Balaban J connectivity index is 2.27. The molecule has 1 unspecified atom stereocenters. The smallest absolute Gasteiger partial charge is 0.0818 e. The third-order valence-corrected chi connectivity index (χ3v) is 4.65. The Bertz CT molecular complexity index is 346. The molecule has 0 radical (unpaired) electrons. The molecule has 0 spiro atoms. The highest BCUT2D eigenvalue weighted by Gasteiger charge is 2.27. The predicted molar refractivity (Wildman–Crippen MR) is 65.9 cm³/mol. The highest BCUT2D eigenvalue weighted by Crippen LogP contribution is 2.38. The van der Waals surface area contributed by atoms with Crippen LogP contribution in [-0.2, 0) is 0 Å². The van der Waals surface area contributed by atoms with Crippen molar-refractivity contribution in [3.05, 3.63) is 33.3 Å². The molecule has 0 aliphatic heterocycles. The van der Waals surface area contributed by atoms with Crippen LogP contribution in [0, 0.1) is 19.8 Å². The Kier molecular flexibility index (Phi) is 3.17. The maximum Gasteiger partial charge on any atom is 0.0818 e. The summed E-state index contributed by atoms with van der Waals surface area (Å²) in [6.45, 7) is 4.15. The second kappa shape index (κ2) is 4.26. The Labute approximate surface area is 99.6 Å². The quantitative estimate of drug-likeness (QED) is 0.863. The van der Waals surface area contributed by atoms with Crippen LogP contribution >= 0.6 is 15.9 Å². The van der Waals surface area contributed by atoms with Crippen molar-refractivity contribution >= 4 is 15.9 Å². The van der Waals surface area contributed by atoms with Crippen molar-refractivity contribution in [3.63, 3.8) is 0 Å². The number of hydrogen-bond donors (Lipinski definition) is 1. The molecule has 2 heteroatoms. The average Bonchev–Trinajstić information content (AvgIpc) is 2.10. The molecule has 1 aliphatic rings. The van der Waals surface area contributed by atoms with E-state index in [-0.39, 0.29) is 6.10 Å². The van der Waals surface area contributed by atoms with Crippen LogP contribution < -0.4 is 0 Å². The lowest BCUT2D eigenvalue weighted by Gasteiger charge is -2.31. The standard InChI is InChI=1S/C13H17BrO/c1-8-6-11(7-9(2)12(8)14)13(15)10-4-3-5-10/h6-7,10,13,15H,3-5H2,1-2H3. The molecule has 0 bridgehead atoms. The number of hydrogen-bond acceptors (Lipinski definition) is 1. The number of aryl methyl sites for hydroxylation is 2. The van der Waals surface area contributed by atoms with Crippen molar-refractivity contribution in [1.29, 1.82) is 0 Å². The maximum atomic E-state index is 10.2. The molecule has 82 valence electrons. The Morgan fingerprint density at radius 2 is 1.80 bits per heavy atom. The van der Waals surface area contributed by atoms with Crippen molar-refractivity contribution in [2.75, 3.05) is 0 Å². The van der Waals surface area contributed by atoms with Crippen LogP contribution in [0.4, 0.5) is 0 Å². The van der Waals surface area contributed by atoms with Crippen molar-refractivity contribution in [2.24, 2.45) is 5.92 Å². The van der Waals surface area contributed by atoms with Gasteiger partial charge in [0.2, 0.25) is 0 Å². The molecule has 1 nitrogen and oxygen atoms in total. The number of aliphatic hydroxyl groups is 1. The average molecular weight is 269 g/mol. The molecule has 1 fully saturated rings. The van der Waals surface area contributed by atoms with E-state index in [0.29, 0.717) is 5.92 Å². The molecule has 0 amide bonds. The third kappa shape index (κ3) is 2.11. The number of halogens is 1. The largest absolute Gasteiger partial charge is 0.388 e. The Morgan fingerprint density at radius 1 is 1.27 bits per heavy atom. The van der Waals surface area contributed by atoms with Gasteiger partial charge in [-0.2, -0.15) is 0 Å². The summed E-state index contributed by atoms with van der Waals surface area (Å²) >= 11 is 3.55. The highest BCUT2D eigenvalue weighted by atomic mass is 79.9. The fourth-order valence-corrected chi connectivity index (χ4v) is 2.41. The van der Waals surface area contributed by atoms with Gasteiger partial charge in [-0.25, -0.2) is 0 Å². The van der Waals surface area contributed by atoms with Crippen LogP contribution in [0.1, 0.15) is 42.1 Å². The normalized spacial score (nSPS) is 18.7. The fourth-order valence-electron chi connectivity index (χ4n) is 2.18. The zero-order valence-electron chi connectivity index (χ0n) is 9.26. The molecule has 1 N–H and O–H groups in total. The van der Waals surface area contributed by atoms with Crippen LogP contribution in [0.25, 0.3) is 0 Å². The summed E-state index contributed by atoms with van der Waals surface area (Å²) in [5, 5.41) is 10.2. The molecule has 1 aromatic rings. The van der Waals surface area contributed by atoms with E-state index in [4.69, 9.17) is 0 Å². The number of aliphatic hydroxyl groups excluding tert-OH is 1. The summed E-state index contributed by atoms with van der Waals surface area (Å²) in [5.41, 5.74) is 3.50. The molecule has 0 aromatic heterocycles. The monoisotopic (exact) mass is 268 g/mol. The van der Waals surface area contributed by atoms with Gasteiger partial charge in [0.1, 0.15) is 0 Å². The second-order valence-electron chi connectivity index (χ2n) is 4.60. The predicted octanol–water partition coefficient (Wildman–Crippen LogP) is 3.90. The van der Waals surface area contributed by atoms with Gasteiger partial charge < -0.3 is 5.11 Å². The molecule has 2 rings (SSSR count). The van der Waals surface area contributed by atoms with E-state index in [2.05, 4.69) is 41.9 Å². The lowest BCUT2D eigenvalue weighted by atomic mass is 9.78. The lowest BCUT2D eigenvalue weighted by molar-refractivity contribution is 0.0620. The SMILES string of the molecule is Cc1cc(C(O)C2CCC2)cc(C)c1Br. The minimum absolute atomic E-state index is 0.260. The highest BCUT2D eigenvalue weighted by molar-refractivity contribution is 9.10. The van der Waals surface area contributed by atoms with Crippen LogP contribution in [0.5, 0.6) is 0 Å². The van der Waals surface area contributed by atoms with E-state index in [1.807, 2.05) is 0 Å². The van der Waals surface area contributed by atoms with Crippen LogP contribution in [0.2, 0.25) is 0 Å². The minimum atomic E-state index is -0.260. The zero-order valence-corrected chi connectivity index (χ0v) is 10.8. The molecule has 1 aromatic carbocycles. The van der Waals surface area contributed by atoms with Gasteiger partial charge in [-0.3, -0.25) is 0 Å². The molecule has 15 heavy (non-hydrogen) atoms. The zero-order chi connectivity index (χ0) is 11.0. The van der Waals surface area contributed by atoms with E-state index in [1.54, 1.807) is 0 Å². The number of benzene rings is 1. The first-order chi connectivity index (χ1) is 7.09. The Morgan fingerprint density at radius 3 is 2.20 bits per heavy atom. The van der Waals surface area contributed by atoms with Crippen molar-refractivity contribution < 1.29 is 5.11 Å². The molecule has 1 atom stereocenters. The van der Waals surface area contributed by atoms with E-state index in [1.165, 1.54) is 30.4 Å². The summed E-state index contributed by atoms with van der Waals surface area (Å²) in [6.07, 6.45) is 3.37. The first-order valence-electron chi connectivity index (χ1n) is 5.54. The Hall–Kier alpha value is -0.340. The summed E-state index contributed by atoms with van der Waals surface area (Å²) < 4.78 is 1.16. The summed E-state index contributed by atoms with van der Waals surface area (Å²) in [4.78, 5) is 0. The van der Waals surface area contributed by atoms with Crippen molar-refractivity contribution in [3.8, 4) is 0 Å². The van der Waals surface area contributed by atoms with Gasteiger partial charge in [-0.15, -0.1) is 0 Å². The summed E-state index contributed by atoms with van der Waals surface area (Å²) in [5.74, 6) is 0.491. The van der Waals surface area contributed by atoms with E-state index in [0.717, 1.165) is 10.0 Å². The van der Waals surface area contributed by atoms with E-state index < -0.39 is 0 Å². The summed E-state index contributed by atoms with van der Waals surface area (Å²) in [6, 6.07) is 4.19. The third-order valence-electron chi connectivity index (χ3n) is 3.40. The van der Waals surface area contributed by atoms with E-state index in [9.17, 15) is 5.11 Å². The molecule has 0 heterocycles. The van der Waals surface area contributed by atoms with Gasteiger partial charge >= 0.3 is 0 Å². The second-order valence-corrected chi connectivity index (χ2v) is 5.40. The van der Waals surface area contributed by atoms with Crippen LogP contribution in [-0.4, -0.2) is 5.11 Å². The molecule has 0 saturated heterocycles. The first-order valence-corrected chi connectivity index (χ1v) is 6.33. The fraction of sp³-hybridized carbons (Fsp3) is 0.538. The van der Waals surface area contributed by atoms with Gasteiger partial charge in [0, 0.05) is 4.47 Å². The molecule has 1 aliphatic carbocycles. The van der Waals surface area contributed by atoms with Gasteiger partial charge in [-0.1, -0.05) is 34.5 Å². The topological polar surface area (TPSA) is 20.2 Å². The van der Waals surface area contributed by atoms with Crippen LogP contribution in [0.3, 0.4) is 0 Å². The van der Waals surface area contributed by atoms with Crippen molar-refractivity contribution in [1.82, 2.24) is 0 Å². The summed E-state index contributed by atoms with van der Waals surface area (Å²) in [7, 11) is 0. The van der Waals surface area contributed by atoms with Crippen LogP contribution in [0.15, 0.2) is 16.6 Å². The minimum Gasteiger partial charge on any atom is -0.388 e. The molecule has 1 saturated carbocycles. The lowest BCUT2D eigenvalue weighted by Crippen LogP contribution is -2.20.